The molecular formula is C7H11. The van der Waals surface area contributed by atoms with Gasteiger partial charge in [0.25, 0.3) is 0 Å². The fourth-order valence-corrected chi connectivity index (χ4v) is 0.642. The molecule has 0 amide bonds. The fourth-order valence-electron chi connectivity index (χ4n) is 0.642. The highest BCUT2D eigenvalue weighted by atomic mass is 14.2. The molecule has 0 saturated heterocycles. The molecule has 0 spiro atoms. The lowest BCUT2D eigenvalue weighted by Gasteiger charge is -1.84. The fraction of sp³-hybridized carbons (Fsp3) is 0.571. The van der Waals surface area contributed by atoms with Crippen LogP contribution in [0.3, 0.4) is 0 Å². The van der Waals surface area contributed by atoms with Gasteiger partial charge in [-0.2, -0.15) is 0 Å². The Morgan fingerprint density at radius 2 is 2.29 bits per heavy atom. The van der Waals surface area contributed by atoms with Gasteiger partial charge in [-0.1, -0.05) is 18.9 Å². The largest absolute Gasteiger partial charge is 0.103 e. The van der Waals surface area contributed by atoms with E-state index in [2.05, 4.69) is 13.0 Å². The minimum Gasteiger partial charge on any atom is -0.103 e. The van der Waals surface area contributed by atoms with Gasteiger partial charge in [-0.05, 0) is 18.8 Å². The summed E-state index contributed by atoms with van der Waals surface area (Å²) < 4.78 is 0. The predicted octanol–water partition coefficient (Wildman–Crippen LogP) is 2.18. The van der Waals surface area contributed by atoms with Crippen LogP contribution in [0.25, 0.3) is 0 Å². The Balaban J connectivity index is 1.88. The quantitative estimate of drug-likeness (QED) is 0.504. The van der Waals surface area contributed by atoms with Gasteiger partial charge in [0.1, 0.15) is 0 Å². The first-order valence-corrected chi connectivity index (χ1v) is 2.87. The molecule has 1 saturated carbocycles. The first kappa shape index (κ1) is 4.89. The molecule has 7 heavy (non-hydrogen) atoms. The second-order valence-corrected chi connectivity index (χ2v) is 2.15. The standard InChI is InChI=1S/C7H11/c1-2-3-4-7-5-6-7/h2-3,7H,1,4-6H2. The molecule has 0 nitrogen and oxygen atoms in total. The number of hydrogen-bond acceptors (Lipinski definition) is 0. The SMILES string of the molecule is C=C[CH]CC1CC1. The van der Waals surface area contributed by atoms with Gasteiger partial charge in [-0.3, -0.25) is 0 Å². The second kappa shape index (κ2) is 2.15. The average molecular weight is 95.2 g/mol. The van der Waals surface area contributed by atoms with Crippen LogP contribution in [0.5, 0.6) is 0 Å². The normalized spacial score (nSPS) is 19.4. The van der Waals surface area contributed by atoms with E-state index < -0.39 is 0 Å². The molecule has 0 bridgehead atoms. The lowest BCUT2D eigenvalue weighted by molar-refractivity contribution is 0.833. The highest BCUT2D eigenvalue weighted by Gasteiger charge is 2.19. The van der Waals surface area contributed by atoms with Crippen LogP contribution in [-0.2, 0) is 0 Å². The molecule has 1 aliphatic carbocycles. The summed E-state index contributed by atoms with van der Waals surface area (Å²) in [5, 5.41) is 0. The third kappa shape index (κ3) is 1.77. The van der Waals surface area contributed by atoms with Gasteiger partial charge < -0.3 is 0 Å². The molecular weight excluding hydrogens is 84.1 g/mol. The van der Waals surface area contributed by atoms with E-state index in [1.54, 1.807) is 0 Å². The molecule has 1 radical (unpaired) electrons. The van der Waals surface area contributed by atoms with E-state index in [1.165, 1.54) is 19.3 Å². The number of hydrogen-bond donors (Lipinski definition) is 0. The zero-order chi connectivity index (χ0) is 5.11. The maximum Gasteiger partial charge on any atom is -0.0171 e. The third-order valence-electron chi connectivity index (χ3n) is 1.33. The molecule has 1 fully saturated rings. The van der Waals surface area contributed by atoms with Crippen molar-refractivity contribution in [3.8, 4) is 0 Å². The summed E-state index contributed by atoms with van der Waals surface area (Å²) in [6, 6.07) is 0. The zero-order valence-electron chi connectivity index (χ0n) is 4.56. The predicted molar refractivity (Wildman–Crippen MR) is 31.8 cm³/mol. The van der Waals surface area contributed by atoms with Crippen LogP contribution in [0.4, 0.5) is 0 Å². The summed E-state index contributed by atoms with van der Waals surface area (Å²) in [6.07, 6.45) is 8.20. The zero-order valence-corrected chi connectivity index (χ0v) is 4.56. The van der Waals surface area contributed by atoms with Crippen molar-refractivity contribution in [2.75, 3.05) is 0 Å². The maximum absolute atomic E-state index is 3.60. The Labute approximate surface area is 45.2 Å². The Morgan fingerprint density at radius 1 is 1.57 bits per heavy atom. The Kier molecular flexibility index (Phi) is 1.50. The molecule has 0 aromatic rings. The summed E-state index contributed by atoms with van der Waals surface area (Å²) >= 11 is 0. The van der Waals surface area contributed by atoms with Gasteiger partial charge in [0.05, 0.1) is 0 Å². The van der Waals surface area contributed by atoms with Crippen LogP contribution in [-0.4, -0.2) is 0 Å². The van der Waals surface area contributed by atoms with E-state index in [0.717, 1.165) is 5.92 Å². The smallest absolute Gasteiger partial charge is 0.0171 e. The van der Waals surface area contributed by atoms with Crippen molar-refractivity contribution >= 4 is 0 Å². The third-order valence-corrected chi connectivity index (χ3v) is 1.33. The van der Waals surface area contributed by atoms with Crippen LogP contribution in [0, 0.1) is 12.3 Å². The molecule has 0 heteroatoms. The van der Waals surface area contributed by atoms with Gasteiger partial charge in [0.2, 0.25) is 0 Å². The average Bonchev–Trinajstić information content (AvgIpc) is 2.42. The van der Waals surface area contributed by atoms with Crippen LogP contribution >= 0.6 is 0 Å². The summed E-state index contributed by atoms with van der Waals surface area (Å²) in [7, 11) is 0. The second-order valence-electron chi connectivity index (χ2n) is 2.15. The molecule has 0 aliphatic heterocycles. The number of rotatable bonds is 3. The topological polar surface area (TPSA) is 0 Å². The molecule has 0 aromatic heterocycles. The van der Waals surface area contributed by atoms with Gasteiger partial charge in [0.15, 0.2) is 0 Å². The van der Waals surface area contributed by atoms with E-state index in [1.807, 2.05) is 6.08 Å². The minimum absolute atomic E-state index is 1.03. The van der Waals surface area contributed by atoms with E-state index >= 15 is 0 Å². The highest BCUT2D eigenvalue weighted by molar-refractivity contribution is 4.91. The molecule has 1 rings (SSSR count). The Hall–Kier alpha value is -0.260. The summed E-state index contributed by atoms with van der Waals surface area (Å²) in [5.41, 5.74) is 0. The lowest BCUT2D eigenvalue weighted by atomic mass is 10.2. The van der Waals surface area contributed by atoms with Crippen molar-refractivity contribution in [1.29, 1.82) is 0 Å². The maximum atomic E-state index is 3.60. The van der Waals surface area contributed by atoms with Gasteiger partial charge in [0, 0.05) is 0 Å². The summed E-state index contributed by atoms with van der Waals surface area (Å²) in [4.78, 5) is 0. The van der Waals surface area contributed by atoms with Gasteiger partial charge in [-0.15, -0.1) is 6.58 Å². The molecule has 1 aliphatic rings. The van der Waals surface area contributed by atoms with E-state index in [4.69, 9.17) is 0 Å². The number of allylic oxidation sites excluding steroid dienone is 1. The van der Waals surface area contributed by atoms with Crippen LogP contribution in [0.1, 0.15) is 19.3 Å². The highest BCUT2D eigenvalue weighted by Crippen LogP contribution is 2.32. The van der Waals surface area contributed by atoms with Crippen molar-refractivity contribution in [2.24, 2.45) is 5.92 Å². The Bertz CT molecular complexity index is 60.4. The van der Waals surface area contributed by atoms with Gasteiger partial charge >= 0.3 is 0 Å². The van der Waals surface area contributed by atoms with Gasteiger partial charge in [-0.25, -0.2) is 0 Å². The molecule has 39 valence electrons. The van der Waals surface area contributed by atoms with Crippen LogP contribution in [0.2, 0.25) is 0 Å². The van der Waals surface area contributed by atoms with E-state index in [0.29, 0.717) is 0 Å². The molecule has 0 heterocycles. The molecule has 0 aromatic carbocycles. The monoisotopic (exact) mass is 95.1 g/mol. The van der Waals surface area contributed by atoms with Crippen molar-refractivity contribution in [2.45, 2.75) is 19.3 Å². The van der Waals surface area contributed by atoms with Crippen LogP contribution in [0.15, 0.2) is 12.7 Å². The molecule has 0 N–H and O–H groups in total. The van der Waals surface area contributed by atoms with Crippen molar-refractivity contribution in [3.63, 3.8) is 0 Å². The van der Waals surface area contributed by atoms with Crippen molar-refractivity contribution in [3.05, 3.63) is 19.1 Å². The van der Waals surface area contributed by atoms with E-state index in [-0.39, 0.29) is 0 Å². The van der Waals surface area contributed by atoms with Crippen molar-refractivity contribution < 1.29 is 0 Å². The minimum atomic E-state index is 1.03. The lowest BCUT2D eigenvalue weighted by Crippen LogP contribution is -1.71. The first-order valence-electron chi connectivity index (χ1n) is 2.87. The summed E-state index contributed by atoms with van der Waals surface area (Å²) in [5.74, 6) is 1.03. The van der Waals surface area contributed by atoms with Crippen LogP contribution < -0.4 is 0 Å². The van der Waals surface area contributed by atoms with E-state index in [9.17, 15) is 0 Å². The molecule has 0 unspecified atom stereocenters. The molecule has 0 atom stereocenters. The first-order chi connectivity index (χ1) is 3.43. The Morgan fingerprint density at radius 3 is 2.71 bits per heavy atom. The van der Waals surface area contributed by atoms with Crippen molar-refractivity contribution in [1.82, 2.24) is 0 Å². The summed E-state index contributed by atoms with van der Waals surface area (Å²) in [6.45, 7) is 3.60.